The summed E-state index contributed by atoms with van der Waals surface area (Å²) in [6.07, 6.45) is 6.25. The summed E-state index contributed by atoms with van der Waals surface area (Å²) in [5.41, 5.74) is 1.15. The molecule has 0 radical (unpaired) electrons. The Kier molecular flexibility index (Phi) is 6.67. The number of unbranched alkanes of at least 4 members (excludes halogenated alkanes) is 4. The van der Waals surface area contributed by atoms with E-state index in [1.165, 1.54) is 19.3 Å². The lowest BCUT2D eigenvalue weighted by atomic mass is 10.0. The van der Waals surface area contributed by atoms with Crippen LogP contribution in [0.25, 0.3) is 0 Å². The van der Waals surface area contributed by atoms with Crippen molar-refractivity contribution in [1.29, 1.82) is 5.26 Å². The van der Waals surface area contributed by atoms with Crippen LogP contribution in [0.15, 0.2) is 22.7 Å². The Morgan fingerprint density at radius 1 is 1.28 bits per heavy atom. The predicted molar refractivity (Wildman–Crippen MR) is 76.6 cm³/mol. The van der Waals surface area contributed by atoms with Crippen LogP contribution in [0.2, 0.25) is 0 Å². The normalized spacial score (nSPS) is 10.1. The van der Waals surface area contributed by atoms with Crippen LogP contribution in [0.4, 0.5) is 0 Å². The monoisotopic (exact) mass is 307 g/mol. The van der Waals surface area contributed by atoms with Crippen molar-refractivity contribution in [3.05, 3.63) is 33.8 Å². The number of hydrogen-bond acceptors (Lipinski definition) is 2. The molecule has 1 aromatic rings. The Morgan fingerprint density at radius 3 is 2.67 bits per heavy atom. The van der Waals surface area contributed by atoms with Gasteiger partial charge in [0.1, 0.15) is 6.07 Å². The predicted octanol–water partition coefficient (Wildman–Crippen LogP) is 4.86. The number of carbonyl (C=O) groups excluding carboxylic acids is 1. The van der Waals surface area contributed by atoms with Gasteiger partial charge in [0.2, 0.25) is 0 Å². The zero-order valence-corrected chi connectivity index (χ0v) is 12.3. The van der Waals surface area contributed by atoms with Crippen LogP contribution in [0.5, 0.6) is 0 Å². The van der Waals surface area contributed by atoms with Gasteiger partial charge in [-0.1, -0.05) is 44.7 Å². The Labute approximate surface area is 117 Å². The van der Waals surface area contributed by atoms with Gasteiger partial charge in [-0.15, -0.1) is 0 Å². The number of rotatable bonds is 7. The molecular formula is C15H18BrNO. The van der Waals surface area contributed by atoms with Crippen LogP contribution in [0, 0.1) is 11.3 Å². The second-order valence-electron chi connectivity index (χ2n) is 4.37. The van der Waals surface area contributed by atoms with Crippen molar-refractivity contribution in [3.8, 4) is 6.07 Å². The van der Waals surface area contributed by atoms with Gasteiger partial charge in [-0.25, -0.2) is 0 Å². The van der Waals surface area contributed by atoms with Crippen molar-refractivity contribution in [2.45, 2.75) is 45.4 Å². The Morgan fingerprint density at radius 2 is 2.00 bits per heavy atom. The summed E-state index contributed by atoms with van der Waals surface area (Å²) < 4.78 is 0.631. The maximum atomic E-state index is 12.0. The molecule has 18 heavy (non-hydrogen) atoms. The van der Waals surface area contributed by atoms with Crippen LogP contribution in [0.1, 0.15) is 61.4 Å². The second-order valence-corrected chi connectivity index (χ2v) is 5.16. The highest BCUT2D eigenvalue weighted by molar-refractivity contribution is 9.10. The largest absolute Gasteiger partial charge is 0.294 e. The molecule has 0 fully saturated rings. The minimum Gasteiger partial charge on any atom is -0.294 e. The fourth-order valence-corrected chi connectivity index (χ4v) is 2.43. The topological polar surface area (TPSA) is 40.9 Å². The maximum absolute atomic E-state index is 12.0. The molecule has 3 heteroatoms. The lowest BCUT2D eigenvalue weighted by Gasteiger charge is -2.05. The summed E-state index contributed by atoms with van der Waals surface area (Å²) in [6, 6.07) is 7.32. The summed E-state index contributed by atoms with van der Waals surface area (Å²) in [5, 5.41) is 8.91. The van der Waals surface area contributed by atoms with Crippen molar-refractivity contribution in [3.63, 3.8) is 0 Å². The van der Waals surface area contributed by atoms with E-state index >= 15 is 0 Å². The molecule has 0 aliphatic rings. The van der Waals surface area contributed by atoms with Crippen molar-refractivity contribution < 1.29 is 4.79 Å². The molecule has 0 atom stereocenters. The molecule has 1 rings (SSSR count). The van der Waals surface area contributed by atoms with Crippen LogP contribution in [-0.4, -0.2) is 5.78 Å². The van der Waals surface area contributed by atoms with Crippen LogP contribution in [-0.2, 0) is 0 Å². The number of nitrogens with zero attached hydrogens (tertiary/aromatic N) is 1. The zero-order chi connectivity index (χ0) is 13.4. The molecular weight excluding hydrogens is 290 g/mol. The fraction of sp³-hybridized carbons (Fsp3) is 0.467. The average molecular weight is 308 g/mol. The van der Waals surface area contributed by atoms with Gasteiger partial charge in [-0.05, 0) is 28.4 Å². The van der Waals surface area contributed by atoms with E-state index in [4.69, 9.17) is 5.26 Å². The molecule has 0 N–H and O–H groups in total. The van der Waals surface area contributed by atoms with Crippen molar-refractivity contribution in [2.24, 2.45) is 0 Å². The van der Waals surface area contributed by atoms with Gasteiger partial charge in [0.05, 0.1) is 5.56 Å². The molecule has 0 saturated carbocycles. The Hall–Kier alpha value is -1.14. The first-order valence-corrected chi connectivity index (χ1v) is 7.21. The fourth-order valence-electron chi connectivity index (χ4n) is 1.86. The molecule has 1 aromatic carbocycles. The van der Waals surface area contributed by atoms with E-state index in [-0.39, 0.29) is 5.78 Å². The molecule has 2 nitrogen and oxygen atoms in total. The summed E-state index contributed by atoms with van der Waals surface area (Å²) >= 11 is 3.33. The number of Topliss-reactive ketones (excluding diaryl/α,β-unsaturated/α-hetero) is 1. The molecule has 0 amide bonds. The van der Waals surface area contributed by atoms with Gasteiger partial charge in [0, 0.05) is 16.5 Å². The summed E-state index contributed by atoms with van der Waals surface area (Å²) in [7, 11) is 0. The summed E-state index contributed by atoms with van der Waals surface area (Å²) in [4.78, 5) is 12.0. The molecule has 0 aliphatic heterocycles. The van der Waals surface area contributed by atoms with Gasteiger partial charge in [0.15, 0.2) is 5.78 Å². The molecule has 0 unspecified atom stereocenters. The van der Waals surface area contributed by atoms with Crippen molar-refractivity contribution in [1.82, 2.24) is 0 Å². The molecule has 0 aliphatic carbocycles. The molecule has 0 spiro atoms. The lowest BCUT2D eigenvalue weighted by molar-refractivity contribution is 0.0978. The summed E-state index contributed by atoms with van der Waals surface area (Å²) in [5.74, 6) is 0.121. The van der Waals surface area contributed by atoms with E-state index in [1.54, 1.807) is 18.2 Å². The van der Waals surface area contributed by atoms with Crippen LogP contribution in [0.3, 0.4) is 0 Å². The first kappa shape index (κ1) is 14.9. The molecule has 0 heterocycles. The number of halogens is 1. The minimum absolute atomic E-state index is 0.121. The van der Waals surface area contributed by atoms with E-state index < -0.39 is 0 Å². The highest BCUT2D eigenvalue weighted by atomic mass is 79.9. The number of carbonyl (C=O) groups is 1. The second kappa shape index (κ2) is 8.05. The van der Waals surface area contributed by atoms with Gasteiger partial charge in [-0.2, -0.15) is 5.26 Å². The van der Waals surface area contributed by atoms with E-state index in [2.05, 4.69) is 28.9 Å². The summed E-state index contributed by atoms with van der Waals surface area (Å²) in [6.45, 7) is 2.18. The number of benzene rings is 1. The number of ketones is 1. The van der Waals surface area contributed by atoms with Gasteiger partial charge >= 0.3 is 0 Å². The average Bonchev–Trinajstić information content (AvgIpc) is 2.38. The van der Waals surface area contributed by atoms with E-state index in [0.29, 0.717) is 22.0 Å². The molecule has 0 aromatic heterocycles. The minimum atomic E-state index is 0.121. The SMILES string of the molecule is CCCCCCCC(=O)c1cccc(C#N)c1Br. The first-order chi connectivity index (χ1) is 8.70. The third kappa shape index (κ3) is 4.27. The first-order valence-electron chi connectivity index (χ1n) is 6.42. The highest BCUT2D eigenvalue weighted by Crippen LogP contribution is 2.23. The zero-order valence-electron chi connectivity index (χ0n) is 10.7. The molecule has 0 bridgehead atoms. The Bertz CT molecular complexity index is 448. The van der Waals surface area contributed by atoms with Crippen molar-refractivity contribution in [2.75, 3.05) is 0 Å². The third-order valence-corrected chi connectivity index (χ3v) is 3.78. The number of hydrogen-bond donors (Lipinski definition) is 0. The van der Waals surface area contributed by atoms with Gasteiger partial charge in [-0.3, -0.25) is 4.79 Å². The van der Waals surface area contributed by atoms with Crippen LogP contribution < -0.4 is 0 Å². The van der Waals surface area contributed by atoms with E-state index in [0.717, 1.165) is 12.8 Å². The molecule has 0 saturated heterocycles. The van der Waals surface area contributed by atoms with Crippen LogP contribution >= 0.6 is 15.9 Å². The highest BCUT2D eigenvalue weighted by Gasteiger charge is 2.12. The molecule has 96 valence electrons. The third-order valence-electron chi connectivity index (χ3n) is 2.93. The maximum Gasteiger partial charge on any atom is 0.164 e. The Balaban J connectivity index is 2.55. The smallest absolute Gasteiger partial charge is 0.164 e. The quantitative estimate of drug-likeness (QED) is 0.533. The number of nitriles is 1. The van der Waals surface area contributed by atoms with E-state index in [1.807, 2.05) is 0 Å². The van der Waals surface area contributed by atoms with Gasteiger partial charge < -0.3 is 0 Å². The standard InChI is InChI=1S/C15H18BrNO/c1-2-3-4-5-6-10-14(18)13-9-7-8-12(11-17)15(13)16/h7-9H,2-6,10H2,1H3. The van der Waals surface area contributed by atoms with Crippen molar-refractivity contribution >= 4 is 21.7 Å². The lowest BCUT2D eigenvalue weighted by Crippen LogP contribution is -2.01. The van der Waals surface area contributed by atoms with E-state index in [9.17, 15) is 4.79 Å². The van der Waals surface area contributed by atoms with Gasteiger partial charge in [0.25, 0.3) is 0 Å².